The van der Waals surface area contributed by atoms with E-state index in [1.807, 2.05) is 6.07 Å². The summed E-state index contributed by atoms with van der Waals surface area (Å²) in [5.74, 6) is 0. The number of rotatable bonds is 4. The standard InChI is InChI=1S/C12H15NO/c1-10-4-2-3-5-11(10)8-12(6-7-12)13-9-14/h2-5,9H,6-8H2,1H3,(H,13,14). The molecule has 1 aliphatic carbocycles. The van der Waals surface area contributed by atoms with Crippen molar-refractivity contribution in [3.05, 3.63) is 35.4 Å². The van der Waals surface area contributed by atoms with Crippen molar-refractivity contribution in [2.24, 2.45) is 0 Å². The second kappa shape index (κ2) is 3.45. The largest absolute Gasteiger partial charge is 0.353 e. The summed E-state index contributed by atoms with van der Waals surface area (Å²) in [7, 11) is 0. The predicted octanol–water partition coefficient (Wildman–Crippen LogP) is 1.82. The van der Waals surface area contributed by atoms with Crippen molar-refractivity contribution in [2.45, 2.75) is 31.7 Å². The average molecular weight is 189 g/mol. The van der Waals surface area contributed by atoms with Crippen LogP contribution in [0.1, 0.15) is 24.0 Å². The van der Waals surface area contributed by atoms with Crippen LogP contribution in [0.3, 0.4) is 0 Å². The van der Waals surface area contributed by atoms with Crippen LogP contribution in [0.4, 0.5) is 0 Å². The molecule has 0 atom stereocenters. The number of carbonyl (C=O) groups excluding carboxylic acids is 1. The van der Waals surface area contributed by atoms with Gasteiger partial charge in [0.25, 0.3) is 0 Å². The third-order valence-corrected chi connectivity index (χ3v) is 3.01. The Morgan fingerprint density at radius 2 is 2.14 bits per heavy atom. The van der Waals surface area contributed by atoms with Gasteiger partial charge in [-0.15, -0.1) is 0 Å². The lowest BCUT2D eigenvalue weighted by Gasteiger charge is -2.15. The van der Waals surface area contributed by atoms with Gasteiger partial charge in [-0.3, -0.25) is 4.79 Å². The molecule has 1 aromatic carbocycles. The molecule has 0 bridgehead atoms. The van der Waals surface area contributed by atoms with Crippen LogP contribution in [0.15, 0.2) is 24.3 Å². The smallest absolute Gasteiger partial charge is 0.207 e. The highest BCUT2D eigenvalue weighted by Gasteiger charge is 2.42. The van der Waals surface area contributed by atoms with Crippen molar-refractivity contribution in [3.8, 4) is 0 Å². The molecule has 1 N–H and O–H groups in total. The second-order valence-corrected chi connectivity index (χ2v) is 4.15. The molecule has 0 heterocycles. The highest BCUT2D eigenvalue weighted by atomic mass is 16.1. The van der Waals surface area contributed by atoms with Gasteiger partial charge in [-0.25, -0.2) is 0 Å². The lowest BCUT2D eigenvalue weighted by Crippen LogP contribution is -2.32. The molecule has 1 aromatic rings. The minimum Gasteiger partial charge on any atom is -0.353 e. The summed E-state index contributed by atoms with van der Waals surface area (Å²) in [6.07, 6.45) is 4.02. The first-order valence-electron chi connectivity index (χ1n) is 5.02. The highest BCUT2D eigenvalue weighted by molar-refractivity contribution is 5.50. The molecule has 0 unspecified atom stereocenters. The van der Waals surface area contributed by atoms with Gasteiger partial charge in [-0.2, -0.15) is 0 Å². The number of benzene rings is 1. The van der Waals surface area contributed by atoms with Crippen molar-refractivity contribution in [1.82, 2.24) is 5.32 Å². The molecule has 2 heteroatoms. The van der Waals surface area contributed by atoms with Crippen LogP contribution in [0.5, 0.6) is 0 Å². The molecule has 1 amide bonds. The normalized spacial score (nSPS) is 17.5. The monoisotopic (exact) mass is 189 g/mol. The topological polar surface area (TPSA) is 29.1 Å². The Hall–Kier alpha value is -1.31. The summed E-state index contributed by atoms with van der Waals surface area (Å²) >= 11 is 0. The van der Waals surface area contributed by atoms with Crippen LogP contribution in [0, 0.1) is 6.92 Å². The first-order chi connectivity index (χ1) is 6.76. The van der Waals surface area contributed by atoms with Gasteiger partial charge in [0.05, 0.1) is 0 Å². The van der Waals surface area contributed by atoms with E-state index < -0.39 is 0 Å². The maximum atomic E-state index is 10.4. The number of hydrogen-bond donors (Lipinski definition) is 1. The minimum absolute atomic E-state index is 0.0772. The summed E-state index contributed by atoms with van der Waals surface area (Å²) in [6, 6.07) is 8.36. The molecule has 0 spiro atoms. The molecule has 1 aliphatic rings. The lowest BCUT2D eigenvalue weighted by molar-refractivity contribution is -0.110. The first kappa shape index (κ1) is 9.25. The lowest BCUT2D eigenvalue weighted by atomic mass is 10.00. The van der Waals surface area contributed by atoms with Gasteiger partial charge < -0.3 is 5.32 Å². The van der Waals surface area contributed by atoms with Crippen molar-refractivity contribution in [1.29, 1.82) is 0 Å². The molecule has 2 rings (SSSR count). The third kappa shape index (κ3) is 1.79. The summed E-state index contributed by atoms with van der Waals surface area (Å²) in [4.78, 5) is 10.4. The van der Waals surface area contributed by atoms with E-state index in [2.05, 4.69) is 30.4 Å². The van der Waals surface area contributed by atoms with Crippen molar-refractivity contribution < 1.29 is 4.79 Å². The van der Waals surface area contributed by atoms with Gasteiger partial charge in [-0.1, -0.05) is 24.3 Å². The Morgan fingerprint density at radius 1 is 1.43 bits per heavy atom. The molecule has 74 valence electrons. The van der Waals surface area contributed by atoms with E-state index in [1.165, 1.54) is 11.1 Å². The fraction of sp³-hybridized carbons (Fsp3) is 0.417. The molecular weight excluding hydrogens is 174 g/mol. The van der Waals surface area contributed by atoms with Crippen molar-refractivity contribution >= 4 is 6.41 Å². The van der Waals surface area contributed by atoms with E-state index in [-0.39, 0.29) is 5.54 Å². The zero-order valence-corrected chi connectivity index (χ0v) is 8.42. The highest BCUT2D eigenvalue weighted by Crippen LogP contribution is 2.38. The SMILES string of the molecule is Cc1ccccc1CC1(NC=O)CC1. The zero-order chi connectivity index (χ0) is 10.0. The Morgan fingerprint density at radius 3 is 2.71 bits per heavy atom. The van der Waals surface area contributed by atoms with E-state index in [0.29, 0.717) is 0 Å². The first-order valence-corrected chi connectivity index (χ1v) is 5.02. The Kier molecular flexibility index (Phi) is 2.28. The van der Waals surface area contributed by atoms with Crippen molar-refractivity contribution in [3.63, 3.8) is 0 Å². The molecule has 0 radical (unpaired) electrons. The molecule has 1 saturated carbocycles. The van der Waals surface area contributed by atoms with Crippen LogP contribution >= 0.6 is 0 Å². The molecule has 0 aromatic heterocycles. The van der Waals surface area contributed by atoms with Crippen LogP contribution in [0.25, 0.3) is 0 Å². The summed E-state index contributed by atoms with van der Waals surface area (Å²) in [5.41, 5.74) is 2.74. The molecule has 14 heavy (non-hydrogen) atoms. The van der Waals surface area contributed by atoms with Crippen LogP contribution in [-0.4, -0.2) is 11.9 Å². The Bertz CT molecular complexity index is 342. The van der Waals surface area contributed by atoms with Gasteiger partial charge in [0.2, 0.25) is 6.41 Å². The maximum absolute atomic E-state index is 10.4. The zero-order valence-electron chi connectivity index (χ0n) is 8.42. The maximum Gasteiger partial charge on any atom is 0.207 e. The number of carbonyl (C=O) groups is 1. The minimum atomic E-state index is 0.0772. The number of amides is 1. The van der Waals surface area contributed by atoms with Gasteiger partial charge in [0, 0.05) is 5.54 Å². The van der Waals surface area contributed by atoms with Crippen LogP contribution in [-0.2, 0) is 11.2 Å². The van der Waals surface area contributed by atoms with E-state index >= 15 is 0 Å². The van der Waals surface area contributed by atoms with Gasteiger partial charge >= 0.3 is 0 Å². The third-order valence-electron chi connectivity index (χ3n) is 3.01. The van der Waals surface area contributed by atoms with Gasteiger partial charge in [0.1, 0.15) is 0 Å². The summed E-state index contributed by atoms with van der Waals surface area (Å²) in [6.45, 7) is 2.12. The second-order valence-electron chi connectivity index (χ2n) is 4.15. The van der Waals surface area contributed by atoms with E-state index in [9.17, 15) is 4.79 Å². The van der Waals surface area contributed by atoms with E-state index in [4.69, 9.17) is 0 Å². The van der Waals surface area contributed by atoms with E-state index in [1.54, 1.807) is 0 Å². The molecular formula is C12H15NO. The predicted molar refractivity (Wildman–Crippen MR) is 56.0 cm³/mol. The Balaban J connectivity index is 2.11. The number of aryl methyl sites for hydroxylation is 1. The summed E-state index contributed by atoms with van der Waals surface area (Å²) < 4.78 is 0. The van der Waals surface area contributed by atoms with E-state index in [0.717, 1.165) is 25.7 Å². The quantitative estimate of drug-likeness (QED) is 0.719. The number of hydrogen-bond acceptors (Lipinski definition) is 1. The van der Waals surface area contributed by atoms with Crippen LogP contribution in [0.2, 0.25) is 0 Å². The molecule has 0 aliphatic heterocycles. The van der Waals surface area contributed by atoms with Gasteiger partial charge in [0.15, 0.2) is 0 Å². The molecule has 1 fully saturated rings. The fourth-order valence-corrected chi connectivity index (χ4v) is 1.82. The number of nitrogens with one attached hydrogen (secondary N) is 1. The van der Waals surface area contributed by atoms with Crippen LogP contribution < -0.4 is 5.32 Å². The fourth-order valence-electron chi connectivity index (χ4n) is 1.82. The molecule has 2 nitrogen and oxygen atoms in total. The van der Waals surface area contributed by atoms with Crippen molar-refractivity contribution in [2.75, 3.05) is 0 Å². The summed E-state index contributed by atoms with van der Waals surface area (Å²) in [5, 5.41) is 2.93. The average Bonchev–Trinajstić information content (AvgIpc) is 2.90. The molecule has 0 saturated heterocycles. The van der Waals surface area contributed by atoms with Gasteiger partial charge in [-0.05, 0) is 37.3 Å². The Labute approximate surface area is 84.3 Å².